The summed E-state index contributed by atoms with van der Waals surface area (Å²) in [7, 11) is 0. The fraction of sp³-hybridized carbons (Fsp3) is 0.0556. The Morgan fingerprint density at radius 3 is 2.62 bits per heavy atom. The lowest BCUT2D eigenvalue weighted by Gasteiger charge is -2.00. The summed E-state index contributed by atoms with van der Waals surface area (Å²) in [4.78, 5) is 12.3. The number of hydrogen-bond donors (Lipinski definition) is 2. The van der Waals surface area contributed by atoms with Gasteiger partial charge >= 0.3 is 0 Å². The number of carbonyl (C=O) groups excluding carboxylic acids is 1. The van der Waals surface area contributed by atoms with E-state index in [1.165, 1.54) is 6.21 Å². The van der Waals surface area contributed by atoms with Crippen molar-refractivity contribution < 1.29 is 4.79 Å². The van der Waals surface area contributed by atoms with Crippen molar-refractivity contribution in [3.8, 4) is 11.3 Å². The molecule has 0 saturated carbocycles. The quantitative estimate of drug-likeness (QED) is 0.561. The van der Waals surface area contributed by atoms with Crippen molar-refractivity contribution in [1.29, 1.82) is 0 Å². The number of carbonyl (C=O) groups is 1. The molecule has 3 aromatic rings. The lowest BCUT2D eigenvalue weighted by atomic mass is 10.1. The smallest absolute Gasteiger partial charge is 0.272 e. The molecule has 2 N–H and O–H groups in total. The Bertz CT molecular complexity index is 887. The Hall–Kier alpha value is -2.92. The highest BCUT2D eigenvalue weighted by molar-refractivity contribution is 6.33. The topological polar surface area (TPSA) is 70.1 Å². The zero-order valence-electron chi connectivity index (χ0n) is 13.0. The van der Waals surface area contributed by atoms with Crippen LogP contribution in [-0.4, -0.2) is 22.3 Å². The van der Waals surface area contributed by atoms with E-state index in [2.05, 4.69) is 20.7 Å². The van der Waals surface area contributed by atoms with Gasteiger partial charge in [-0.05, 0) is 13.0 Å². The van der Waals surface area contributed by atoms with E-state index >= 15 is 0 Å². The maximum Gasteiger partial charge on any atom is 0.289 e. The van der Waals surface area contributed by atoms with Crippen LogP contribution in [0.5, 0.6) is 0 Å². The van der Waals surface area contributed by atoms with Gasteiger partial charge in [0.25, 0.3) is 5.91 Å². The van der Waals surface area contributed by atoms with Crippen LogP contribution < -0.4 is 5.43 Å². The van der Waals surface area contributed by atoms with Crippen molar-refractivity contribution in [2.75, 3.05) is 0 Å². The number of amides is 1. The molecule has 0 unspecified atom stereocenters. The van der Waals surface area contributed by atoms with E-state index in [0.29, 0.717) is 10.7 Å². The average molecular weight is 339 g/mol. The Kier molecular flexibility index (Phi) is 4.72. The van der Waals surface area contributed by atoms with Gasteiger partial charge in [0, 0.05) is 21.7 Å². The monoisotopic (exact) mass is 338 g/mol. The zero-order chi connectivity index (χ0) is 16.9. The van der Waals surface area contributed by atoms with E-state index in [0.717, 1.165) is 22.4 Å². The first-order chi connectivity index (χ1) is 11.7. The van der Waals surface area contributed by atoms with Crippen LogP contribution in [0.2, 0.25) is 5.02 Å². The third kappa shape index (κ3) is 3.36. The molecule has 0 aliphatic carbocycles. The second kappa shape index (κ2) is 7.10. The minimum absolute atomic E-state index is 0.356. The second-order valence-corrected chi connectivity index (χ2v) is 5.57. The fourth-order valence-corrected chi connectivity index (χ4v) is 2.48. The molecule has 5 nitrogen and oxygen atoms in total. The van der Waals surface area contributed by atoms with Crippen molar-refractivity contribution in [2.45, 2.75) is 6.92 Å². The lowest BCUT2D eigenvalue weighted by molar-refractivity contribution is 0.0949. The summed E-state index contributed by atoms with van der Waals surface area (Å²) < 4.78 is 0. The molecule has 0 aliphatic heterocycles. The number of nitrogens with zero attached hydrogens (tertiary/aromatic N) is 2. The van der Waals surface area contributed by atoms with Gasteiger partial charge in [0.05, 0.1) is 11.9 Å². The predicted molar refractivity (Wildman–Crippen MR) is 95.3 cm³/mol. The lowest BCUT2D eigenvalue weighted by Crippen LogP contribution is -2.19. The number of H-pyrrole nitrogens is 1. The standard InChI is InChI=1S/C18H15ClN4O/c1-12-16(13-7-3-2-4-8-13)21-22-17(12)18(24)23-20-11-14-9-5-6-10-15(14)19/h2-11H,1H3,(H,21,22)(H,23,24)/b20-11+. The van der Waals surface area contributed by atoms with Gasteiger partial charge in [0.2, 0.25) is 0 Å². The fourth-order valence-electron chi connectivity index (χ4n) is 2.29. The molecule has 1 heterocycles. The van der Waals surface area contributed by atoms with Crippen LogP contribution in [0.4, 0.5) is 0 Å². The number of aromatic nitrogens is 2. The van der Waals surface area contributed by atoms with Crippen molar-refractivity contribution in [3.05, 3.63) is 76.4 Å². The van der Waals surface area contributed by atoms with Gasteiger partial charge < -0.3 is 0 Å². The Balaban J connectivity index is 1.75. The molecule has 0 fully saturated rings. The molecule has 120 valence electrons. The molecule has 0 saturated heterocycles. The number of benzene rings is 2. The number of halogens is 1. The average Bonchev–Trinajstić information content (AvgIpc) is 2.99. The summed E-state index contributed by atoms with van der Waals surface area (Å²) in [6.45, 7) is 1.85. The third-order valence-corrected chi connectivity index (χ3v) is 3.90. The molecule has 2 aromatic carbocycles. The zero-order valence-corrected chi connectivity index (χ0v) is 13.7. The molecular weight excluding hydrogens is 324 g/mol. The van der Waals surface area contributed by atoms with E-state index in [1.807, 2.05) is 55.5 Å². The van der Waals surface area contributed by atoms with Crippen LogP contribution >= 0.6 is 11.6 Å². The molecule has 3 rings (SSSR count). The molecule has 0 spiro atoms. The van der Waals surface area contributed by atoms with Crippen molar-refractivity contribution >= 4 is 23.7 Å². The van der Waals surface area contributed by atoms with Crippen LogP contribution in [0.15, 0.2) is 59.7 Å². The summed E-state index contributed by atoms with van der Waals surface area (Å²) in [5.74, 6) is -0.356. The first-order valence-corrected chi connectivity index (χ1v) is 7.73. The van der Waals surface area contributed by atoms with Gasteiger partial charge in [0.15, 0.2) is 0 Å². The van der Waals surface area contributed by atoms with E-state index in [4.69, 9.17) is 11.6 Å². The number of hydrazone groups is 1. The Morgan fingerprint density at radius 2 is 1.88 bits per heavy atom. The second-order valence-electron chi connectivity index (χ2n) is 5.16. The summed E-state index contributed by atoms with van der Waals surface area (Å²) in [6, 6.07) is 16.9. The molecule has 0 aliphatic rings. The summed E-state index contributed by atoms with van der Waals surface area (Å²) in [5, 5.41) is 11.5. The van der Waals surface area contributed by atoms with Crippen molar-refractivity contribution in [2.24, 2.45) is 5.10 Å². The first-order valence-electron chi connectivity index (χ1n) is 7.35. The summed E-state index contributed by atoms with van der Waals surface area (Å²) >= 11 is 6.03. The summed E-state index contributed by atoms with van der Waals surface area (Å²) in [6.07, 6.45) is 1.50. The van der Waals surface area contributed by atoms with Gasteiger partial charge in [-0.25, -0.2) is 5.43 Å². The Labute approximate surface area is 144 Å². The maximum absolute atomic E-state index is 12.3. The first kappa shape index (κ1) is 16.0. The highest BCUT2D eigenvalue weighted by atomic mass is 35.5. The Morgan fingerprint density at radius 1 is 1.17 bits per heavy atom. The maximum atomic E-state index is 12.3. The van der Waals surface area contributed by atoms with E-state index in [1.54, 1.807) is 6.07 Å². The van der Waals surface area contributed by atoms with E-state index in [-0.39, 0.29) is 5.91 Å². The predicted octanol–water partition coefficient (Wildman–Crippen LogP) is 3.80. The molecule has 0 radical (unpaired) electrons. The third-order valence-electron chi connectivity index (χ3n) is 3.56. The van der Waals surface area contributed by atoms with Crippen LogP contribution in [0.25, 0.3) is 11.3 Å². The van der Waals surface area contributed by atoms with Crippen molar-refractivity contribution in [1.82, 2.24) is 15.6 Å². The molecule has 0 atom stereocenters. The van der Waals surface area contributed by atoms with Crippen molar-refractivity contribution in [3.63, 3.8) is 0 Å². The number of rotatable bonds is 4. The molecular formula is C18H15ClN4O. The van der Waals surface area contributed by atoms with Crippen LogP contribution in [0, 0.1) is 6.92 Å². The molecule has 24 heavy (non-hydrogen) atoms. The van der Waals surface area contributed by atoms with Gasteiger partial charge in [-0.15, -0.1) is 0 Å². The van der Waals surface area contributed by atoms with Crippen LogP contribution in [0.1, 0.15) is 21.6 Å². The minimum Gasteiger partial charge on any atom is -0.272 e. The van der Waals surface area contributed by atoms with E-state index < -0.39 is 0 Å². The van der Waals surface area contributed by atoms with Gasteiger partial charge in [-0.1, -0.05) is 60.1 Å². The summed E-state index contributed by atoms with van der Waals surface area (Å²) in [5.41, 5.74) is 6.05. The number of hydrogen-bond acceptors (Lipinski definition) is 3. The minimum atomic E-state index is -0.356. The van der Waals surface area contributed by atoms with Gasteiger partial charge in [0.1, 0.15) is 5.69 Å². The van der Waals surface area contributed by atoms with Gasteiger partial charge in [-0.2, -0.15) is 10.2 Å². The SMILES string of the molecule is Cc1c(-c2ccccc2)n[nH]c1C(=O)N/N=C/c1ccccc1Cl. The molecule has 1 aromatic heterocycles. The number of nitrogens with one attached hydrogen (secondary N) is 2. The van der Waals surface area contributed by atoms with E-state index in [9.17, 15) is 4.79 Å². The molecule has 0 bridgehead atoms. The van der Waals surface area contributed by atoms with Crippen LogP contribution in [0.3, 0.4) is 0 Å². The molecule has 6 heteroatoms. The normalized spacial score (nSPS) is 10.9. The largest absolute Gasteiger partial charge is 0.289 e. The number of aromatic amines is 1. The van der Waals surface area contributed by atoms with Gasteiger partial charge in [-0.3, -0.25) is 9.89 Å². The molecule has 1 amide bonds. The van der Waals surface area contributed by atoms with Crippen LogP contribution in [-0.2, 0) is 0 Å². The highest BCUT2D eigenvalue weighted by Crippen LogP contribution is 2.22. The highest BCUT2D eigenvalue weighted by Gasteiger charge is 2.16.